The van der Waals surface area contributed by atoms with Gasteiger partial charge in [-0.15, -0.1) is 0 Å². The number of carbonyl (C=O) groups is 1. The van der Waals surface area contributed by atoms with Crippen molar-refractivity contribution in [1.82, 2.24) is 10.3 Å². The molecule has 3 nitrogen and oxygen atoms in total. The van der Waals surface area contributed by atoms with Crippen LogP contribution in [0.25, 0.3) is 0 Å². The number of amides is 1. The summed E-state index contributed by atoms with van der Waals surface area (Å²) in [6.07, 6.45) is -1.45. The highest BCUT2D eigenvalue weighted by Crippen LogP contribution is 2.30. The van der Waals surface area contributed by atoms with Crippen LogP contribution in [-0.2, 0) is 6.18 Å². The van der Waals surface area contributed by atoms with Gasteiger partial charge in [0.1, 0.15) is 0 Å². The number of halogens is 3. The normalized spacial score (nSPS) is 12.8. The third-order valence-electron chi connectivity index (χ3n) is 3.00. The molecule has 2 rings (SSSR count). The van der Waals surface area contributed by atoms with Gasteiger partial charge >= 0.3 is 6.18 Å². The molecule has 0 aliphatic heterocycles. The topological polar surface area (TPSA) is 42.0 Å². The van der Waals surface area contributed by atoms with Gasteiger partial charge in [-0.1, -0.05) is 12.1 Å². The number of rotatable bonds is 3. The summed E-state index contributed by atoms with van der Waals surface area (Å²) in [5.41, 5.74) is 0.0704. The Morgan fingerprint density at radius 1 is 1.19 bits per heavy atom. The maximum Gasteiger partial charge on any atom is 0.416 e. The Morgan fingerprint density at radius 3 is 2.48 bits per heavy atom. The van der Waals surface area contributed by atoms with Crippen LogP contribution in [0, 0.1) is 0 Å². The van der Waals surface area contributed by atoms with E-state index in [2.05, 4.69) is 10.3 Å². The summed E-state index contributed by atoms with van der Waals surface area (Å²) in [6.45, 7) is 1.63. The van der Waals surface area contributed by atoms with Crippen LogP contribution in [0.15, 0.2) is 48.8 Å². The number of benzene rings is 1. The second-order valence-corrected chi connectivity index (χ2v) is 4.55. The second-order valence-electron chi connectivity index (χ2n) is 4.55. The summed E-state index contributed by atoms with van der Waals surface area (Å²) in [7, 11) is 0. The van der Waals surface area contributed by atoms with Gasteiger partial charge in [-0.25, -0.2) is 0 Å². The summed E-state index contributed by atoms with van der Waals surface area (Å²) in [5.74, 6) is -0.359. The lowest BCUT2D eigenvalue weighted by molar-refractivity contribution is -0.137. The van der Waals surface area contributed by atoms with Crippen LogP contribution in [0.3, 0.4) is 0 Å². The van der Waals surface area contributed by atoms with E-state index in [0.717, 1.165) is 12.1 Å². The van der Waals surface area contributed by atoms with E-state index in [-0.39, 0.29) is 5.91 Å². The first-order valence-electron chi connectivity index (χ1n) is 6.26. The molecule has 1 heterocycles. The van der Waals surface area contributed by atoms with E-state index in [9.17, 15) is 18.0 Å². The van der Waals surface area contributed by atoms with Gasteiger partial charge in [-0.05, 0) is 36.8 Å². The van der Waals surface area contributed by atoms with Crippen molar-refractivity contribution < 1.29 is 18.0 Å². The molecular weight excluding hydrogens is 281 g/mol. The van der Waals surface area contributed by atoms with Crippen molar-refractivity contribution in [2.75, 3.05) is 0 Å². The number of carbonyl (C=O) groups excluding carboxylic acids is 1. The Hall–Kier alpha value is -2.37. The minimum atomic E-state index is -4.40. The predicted octanol–water partition coefficient (Wildman–Crippen LogP) is 3.59. The quantitative estimate of drug-likeness (QED) is 0.940. The zero-order valence-electron chi connectivity index (χ0n) is 11.2. The highest BCUT2D eigenvalue weighted by molar-refractivity contribution is 5.94. The maximum atomic E-state index is 12.7. The van der Waals surface area contributed by atoms with Gasteiger partial charge in [0.15, 0.2) is 0 Å². The monoisotopic (exact) mass is 294 g/mol. The highest BCUT2D eigenvalue weighted by Gasteiger charge is 2.30. The molecule has 0 bridgehead atoms. The molecule has 110 valence electrons. The molecular formula is C15H13F3N2O. The molecule has 1 atom stereocenters. The first kappa shape index (κ1) is 15.0. The Labute approximate surface area is 119 Å². The molecule has 0 radical (unpaired) electrons. The number of nitrogens with zero attached hydrogens (tertiary/aromatic N) is 1. The minimum absolute atomic E-state index is 0.359. The molecule has 0 unspecified atom stereocenters. The van der Waals surface area contributed by atoms with Crippen molar-refractivity contribution in [1.29, 1.82) is 0 Å². The third-order valence-corrected chi connectivity index (χ3v) is 3.00. The lowest BCUT2D eigenvalue weighted by Gasteiger charge is -2.16. The van der Waals surface area contributed by atoms with E-state index in [4.69, 9.17) is 0 Å². The average Bonchev–Trinajstić information content (AvgIpc) is 2.47. The summed E-state index contributed by atoms with van der Waals surface area (Å²) in [4.78, 5) is 15.7. The smallest absolute Gasteiger partial charge is 0.346 e. The Balaban J connectivity index is 2.14. The fourth-order valence-electron chi connectivity index (χ4n) is 1.85. The van der Waals surface area contributed by atoms with E-state index >= 15 is 0 Å². The fraction of sp³-hybridized carbons (Fsp3) is 0.200. The predicted molar refractivity (Wildman–Crippen MR) is 71.6 cm³/mol. The zero-order chi connectivity index (χ0) is 15.5. The molecule has 21 heavy (non-hydrogen) atoms. The lowest BCUT2D eigenvalue weighted by Crippen LogP contribution is -2.26. The maximum absolute atomic E-state index is 12.7. The van der Waals surface area contributed by atoms with Crippen LogP contribution in [0.2, 0.25) is 0 Å². The van der Waals surface area contributed by atoms with Gasteiger partial charge < -0.3 is 5.32 Å². The molecule has 0 saturated carbocycles. The van der Waals surface area contributed by atoms with Crippen molar-refractivity contribution in [2.45, 2.75) is 19.1 Å². The largest absolute Gasteiger partial charge is 0.416 e. The molecule has 2 aromatic rings. The number of hydrogen-bond acceptors (Lipinski definition) is 2. The summed E-state index contributed by atoms with van der Waals surface area (Å²) < 4.78 is 38.0. The standard InChI is InChI=1S/C15H13F3N2O/c1-10(20-14(21)11-5-7-19-8-6-11)12-3-2-4-13(9-12)15(16,17)18/h2-10H,1H3,(H,20,21)/t10-/m0/s1. The second kappa shape index (κ2) is 5.95. The van der Waals surface area contributed by atoms with E-state index in [0.29, 0.717) is 11.1 Å². The molecule has 0 fully saturated rings. The van der Waals surface area contributed by atoms with Crippen molar-refractivity contribution in [3.63, 3.8) is 0 Å². The Bertz CT molecular complexity index is 626. The van der Waals surface area contributed by atoms with Gasteiger partial charge in [-0.2, -0.15) is 13.2 Å². The first-order chi connectivity index (χ1) is 9.88. The van der Waals surface area contributed by atoms with Crippen LogP contribution in [0.5, 0.6) is 0 Å². The van der Waals surface area contributed by atoms with Crippen LogP contribution in [0.4, 0.5) is 13.2 Å². The highest BCUT2D eigenvalue weighted by atomic mass is 19.4. The van der Waals surface area contributed by atoms with Crippen molar-refractivity contribution in [2.24, 2.45) is 0 Å². The molecule has 6 heteroatoms. The van der Waals surface area contributed by atoms with Crippen LogP contribution < -0.4 is 5.32 Å². The third kappa shape index (κ3) is 3.81. The summed E-state index contributed by atoms with van der Waals surface area (Å²) >= 11 is 0. The zero-order valence-corrected chi connectivity index (χ0v) is 11.2. The lowest BCUT2D eigenvalue weighted by atomic mass is 10.0. The molecule has 0 aliphatic carbocycles. The number of pyridine rings is 1. The van der Waals surface area contributed by atoms with Gasteiger partial charge in [0, 0.05) is 18.0 Å². The molecule has 1 aromatic heterocycles. The number of hydrogen-bond donors (Lipinski definition) is 1. The van der Waals surface area contributed by atoms with E-state index in [1.165, 1.54) is 30.6 Å². The number of nitrogens with one attached hydrogen (secondary N) is 1. The Kier molecular flexibility index (Phi) is 4.26. The average molecular weight is 294 g/mol. The molecule has 0 saturated heterocycles. The molecule has 1 amide bonds. The Morgan fingerprint density at radius 2 is 1.86 bits per heavy atom. The number of aromatic nitrogens is 1. The van der Waals surface area contributed by atoms with E-state index < -0.39 is 17.8 Å². The molecule has 0 aliphatic rings. The summed E-state index contributed by atoms with van der Waals surface area (Å²) in [5, 5.41) is 2.66. The molecule has 1 N–H and O–H groups in total. The van der Waals surface area contributed by atoms with Crippen LogP contribution >= 0.6 is 0 Å². The van der Waals surface area contributed by atoms with Crippen molar-refractivity contribution in [3.05, 3.63) is 65.5 Å². The van der Waals surface area contributed by atoms with Crippen LogP contribution in [-0.4, -0.2) is 10.9 Å². The molecule has 1 aromatic carbocycles. The number of alkyl halides is 3. The first-order valence-corrected chi connectivity index (χ1v) is 6.26. The van der Waals surface area contributed by atoms with Crippen molar-refractivity contribution in [3.8, 4) is 0 Å². The fourth-order valence-corrected chi connectivity index (χ4v) is 1.85. The van der Waals surface area contributed by atoms with Crippen molar-refractivity contribution >= 4 is 5.91 Å². The van der Waals surface area contributed by atoms with E-state index in [1.807, 2.05) is 0 Å². The van der Waals surface area contributed by atoms with E-state index in [1.54, 1.807) is 13.0 Å². The van der Waals surface area contributed by atoms with Gasteiger partial charge in [-0.3, -0.25) is 9.78 Å². The van der Waals surface area contributed by atoms with Gasteiger partial charge in [0.05, 0.1) is 11.6 Å². The summed E-state index contributed by atoms with van der Waals surface area (Å²) in [6, 6.07) is 7.45. The SMILES string of the molecule is C[C@H](NC(=O)c1ccncc1)c1cccc(C(F)(F)F)c1. The van der Waals surface area contributed by atoms with Crippen LogP contribution in [0.1, 0.15) is 34.5 Å². The minimum Gasteiger partial charge on any atom is -0.346 e. The molecule has 0 spiro atoms. The van der Waals surface area contributed by atoms with Gasteiger partial charge in [0.25, 0.3) is 5.91 Å². The van der Waals surface area contributed by atoms with Gasteiger partial charge in [0.2, 0.25) is 0 Å².